The number of nitrogens with one attached hydrogen (secondary N) is 1. The van der Waals surface area contributed by atoms with Crippen LogP contribution in [0.5, 0.6) is 0 Å². The molecule has 8 nitrogen and oxygen atoms in total. The van der Waals surface area contributed by atoms with Crippen molar-refractivity contribution in [1.29, 1.82) is 0 Å². The van der Waals surface area contributed by atoms with E-state index in [1.54, 1.807) is 0 Å². The fourth-order valence-electron chi connectivity index (χ4n) is 7.44. The molecule has 1 aromatic carbocycles. The van der Waals surface area contributed by atoms with Gasteiger partial charge < -0.3 is 19.7 Å². The van der Waals surface area contributed by atoms with Crippen LogP contribution >= 0.6 is 0 Å². The van der Waals surface area contributed by atoms with E-state index in [2.05, 4.69) is 65.0 Å². The highest BCUT2D eigenvalue weighted by molar-refractivity contribution is 5.84. The Balaban J connectivity index is 1.23. The Labute approximate surface area is 271 Å². The first-order valence-corrected chi connectivity index (χ1v) is 17.0. The van der Waals surface area contributed by atoms with Crippen molar-refractivity contribution >= 4 is 22.3 Å². The van der Waals surface area contributed by atoms with E-state index in [-0.39, 0.29) is 17.3 Å². The minimum atomic E-state index is -0.300. The maximum atomic E-state index is 15.8. The summed E-state index contributed by atoms with van der Waals surface area (Å²) in [5.41, 5.74) is 6.47. The third-order valence-electron chi connectivity index (χ3n) is 10.3. The highest BCUT2D eigenvalue weighted by Gasteiger charge is 2.30. The van der Waals surface area contributed by atoms with Crippen LogP contribution in [0, 0.1) is 19.7 Å². The number of anilines is 2. The van der Waals surface area contributed by atoms with Crippen LogP contribution in [0.15, 0.2) is 59.8 Å². The van der Waals surface area contributed by atoms with Crippen LogP contribution in [-0.2, 0) is 13.1 Å². The van der Waals surface area contributed by atoms with E-state index in [4.69, 9.17) is 0 Å². The number of fused-ring (bicyclic) bond motifs is 1. The van der Waals surface area contributed by atoms with Gasteiger partial charge in [0.1, 0.15) is 5.82 Å². The van der Waals surface area contributed by atoms with Gasteiger partial charge in [-0.15, -0.1) is 0 Å². The highest BCUT2D eigenvalue weighted by atomic mass is 19.1. The molecule has 0 spiro atoms. The Morgan fingerprint density at radius 3 is 2.48 bits per heavy atom. The summed E-state index contributed by atoms with van der Waals surface area (Å²) in [4.78, 5) is 30.2. The monoisotopic (exact) mass is 623 g/mol. The Morgan fingerprint density at radius 1 is 0.935 bits per heavy atom. The van der Waals surface area contributed by atoms with Gasteiger partial charge in [0.25, 0.3) is 0 Å². The van der Waals surface area contributed by atoms with Crippen molar-refractivity contribution in [2.75, 3.05) is 43.0 Å². The minimum absolute atomic E-state index is 0.0578. The number of hydrogen-bond acceptors (Lipinski definition) is 7. The second-order valence-corrected chi connectivity index (χ2v) is 13.6. The Kier molecular flexibility index (Phi) is 8.79. The molecule has 0 bridgehead atoms. The molecule has 3 aromatic heterocycles. The van der Waals surface area contributed by atoms with Crippen molar-refractivity contribution in [1.82, 2.24) is 24.8 Å². The van der Waals surface area contributed by atoms with E-state index in [0.717, 1.165) is 92.9 Å². The lowest BCUT2D eigenvalue weighted by atomic mass is 10.0. The summed E-state index contributed by atoms with van der Waals surface area (Å²) < 4.78 is 18.1. The van der Waals surface area contributed by atoms with Crippen LogP contribution in [0.3, 0.4) is 0 Å². The zero-order valence-electron chi connectivity index (χ0n) is 27.4. The number of rotatable bonds is 9. The van der Waals surface area contributed by atoms with Gasteiger partial charge in [0.05, 0.1) is 23.1 Å². The SMILES string of the molecule is CNC1CCN(c2cc3c(cc2F)c(=O)c(CN(Cc2ccnc(C)c2)[C@H]2CCCN(c4ccc(C)nc4)C2)cn3C2CC2)CC1. The molecule has 242 valence electrons. The summed E-state index contributed by atoms with van der Waals surface area (Å²) in [5.74, 6) is -0.300. The van der Waals surface area contributed by atoms with Crippen LogP contribution in [0.1, 0.15) is 67.1 Å². The van der Waals surface area contributed by atoms with Crippen molar-refractivity contribution in [3.63, 3.8) is 0 Å². The average Bonchev–Trinajstić information content (AvgIpc) is 3.92. The fraction of sp³-hybridized carbons (Fsp3) is 0.486. The minimum Gasteiger partial charge on any atom is -0.369 e. The zero-order valence-corrected chi connectivity index (χ0v) is 27.4. The lowest BCUT2D eigenvalue weighted by molar-refractivity contribution is 0.158. The maximum absolute atomic E-state index is 15.8. The molecule has 3 aliphatic rings. The normalized spacial score (nSPS) is 19.4. The molecule has 0 unspecified atom stereocenters. The number of pyridine rings is 3. The number of aromatic nitrogens is 3. The highest BCUT2D eigenvalue weighted by Crippen LogP contribution is 2.38. The third kappa shape index (κ3) is 6.53. The van der Waals surface area contributed by atoms with Gasteiger partial charge in [0.2, 0.25) is 0 Å². The van der Waals surface area contributed by atoms with Crippen LogP contribution in [-0.4, -0.2) is 64.7 Å². The molecule has 2 aliphatic heterocycles. The van der Waals surface area contributed by atoms with Crippen molar-refractivity contribution in [2.24, 2.45) is 0 Å². The van der Waals surface area contributed by atoms with Gasteiger partial charge in [-0.3, -0.25) is 19.7 Å². The van der Waals surface area contributed by atoms with Gasteiger partial charge in [-0.25, -0.2) is 4.39 Å². The van der Waals surface area contributed by atoms with Gasteiger partial charge >= 0.3 is 0 Å². The summed E-state index contributed by atoms with van der Waals surface area (Å²) in [6.07, 6.45) is 12.2. The molecule has 4 aromatic rings. The Bertz CT molecular complexity index is 1740. The summed E-state index contributed by atoms with van der Waals surface area (Å²) >= 11 is 0. The zero-order chi connectivity index (χ0) is 31.8. The van der Waals surface area contributed by atoms with Crippen molar-refractivity contribution in [2.45, 2.75) is 83.6 Å². The number of nitrogens with zero attached hydrogens (tertiary/aromatic N) is 6. The van der Waals surface area contributed by atoms with Gasteiger partial charge in [-0.2, -0.15) is 0 Å². The van der Waals surface area contributed by atoms with Gasteiger partial charge in [0.15, 0.2) is 5.43 Å². The van der Waals surface area contributed by atoms with Gasteiger partial charge in [0, 0.05) is 92.1 Å². The van der Waals surface area contributed by atoms with E-state index in [1.165, 1.54) is 11.6 Å². The number of benzene rings is 1. The van der Waals surface area contributed by atoms with Crippen molar-refractivity contribution < 1.29 is 4.39 Å². The first-order chi connectivity index (χ1) is 22.4. The quantitative estimate of drug-likeness (QED) is 0.255. The van der Waals surface area contributed by atoms with Crippen LogP contribution in [0.25, 0.3) is 10.9 Å². The van der Waals surface area contributed by atoms with Gasteiger partial charge in [-0.1, -0.05) is 0 Å². The maximum Gasteiger partial charge on any atom is 0.193 e. The number of aryl methyl sites for hydroxylation is 2. The summed E-state index contributed by atoms with van der Waals surface area (Å²) in [7, 11) is 1.99. The van der Waals surface area contributed by atoms with E-state index in [9.17, 15) is 4.79 Å². The first kappa shape index (κ1) is 30.8. The van der Waals surface area contributed by atoms with Crippen LogP contribution < -0.4 is 20.5 Å². The number of halogens is 1. The van der Waals surface area contributed by atoms with Crippen molar-refractivity contribution in [3.8, 4) is 0 Å². The summed E-state index contributed by atoms with van der Waals surface area (Å²) in [6.45, 7) is 8.71. The molecule has 3 fully saturated rings. The molecule has 1 N–H and O–H groups in total. The summed E-state index contributed by atoms with van der Waals surface area (Å²) in [6, 6.07) is 13.0. The van der Waals surface area contributed by atoms with Crippen LogP contribution in [0.4, 0.5) is 15.8 Å². The van der Waals surface area contributed by atoms with Gasteiger partial charge in [-0.05, 0) is 101 Å². The number of piperidine rings is 2. The molecule has 1 aliphatic carbocycles. The molecule has 0 radical (unpaired) electrons. The predicted molar refractivity (Wildman–Crippen MR) is 183 cm³/mol. The molecule has 7 rings (SSSR count). The number of hydrogen-bond donors (Lipinski definition) is 1. The Hall–Kier alpha value is -3.82. The second kappa shape index (κ2) is 13.1. The molecule has 1 atom stereocenters. The standard InChI is InChI=1S/C37H46FN7O/c1-25-6-7-31(20-41-25)43-14-4-5-32(24-43)44(21-27-10-13-40-26(2)17-27)22-28-23-45(30-8-9-30)35-19-36(34(38)18-33(35)37(28)46)42-15-11-29(39-3)12-16-42/h6-7,10,13,17-20,23,29-30,32,39H,4-5,8-9,11-12,14-16,21-22,24H2,1-3H3/t32-/m0/s1. The van der Waals surface area contributed by atoms with Crippen molar-refractivity contribution in [3.05, 3.63) is 93.5 Å². The molecular formula is C37H46FN7O. The molecule has 0 amide bonds. The second-order valence-electron chi connectivity index (χ2n) is 13.6. The van der Waals surface area contributed by atoms with E-state index < -0.39 is 0 Å². The summed E-state index contributed by atoms with van der Waals surface area (Å²) in [5, 5.41) is 3.85. The van der Waals surface area contributed by atoms with E-state index in [0.29, 0.717) is 36.2 Å². The average molecular weight is 624 g/mol. The fourth-order valence-corrected chi connectivity index (χ4v) is 7.44. The predicted octanol–water partition coefficient (Wildman–Crippen LogP) is 5.74. The van der Waals surface area contributed by atoms with E-state index in [1.807, 2.05) is 39.4 Å². The van der Waals surface area contributed by atoms with Crippen LogP contribution in [0.2, 0.25) is 0 Å². The third-order valence-corrected chi connectivity index (χ3v) is 10.3. The Morgan fingerprint density at radius 2 is 1.76 bits per heavy atom. The largest absolute Gasteiger partial charge is 0.369 e. The smallest absolute Gasteiger partial charge is 0.193 e. The topological polar surface area (TPSA) is 69.5 Å². The molecule has 46 heavy (non-hydrogen) atoms. The first-order valence-electron chi connectivity index (χ1n) is 17.0. The molecule has 2 saturated heterocycles. The lowest BCUT2D eigenvalue weighted by Gasteiger charge is -2.40. The lowest BCUT2D eigenvalue weighted by Crippen LogP contribution is -2.48. The van der Waals surface area contributed by atoms with E-state index >= 15 is 4.39 Å². The molecular weight excluding hydrogens is 577 g/mol. The molecule has 5 heterocycles. The molecule has 1 saturated carbocycles. The molecule has 9 heteroatoms.